The van der Waals surface area contributed by atoms with Gasteiger partial charge >= 0.3 is 0 Å². The highest BCUT2D eigenvalue weighted by molar-refractivity contribution is 7.22. The summed E-state index contributed by atoms with van der Waals surface area (Å²) in [6.45, 7) is 7.28. The van der Waals surface area contributed by atoms with Crippen LogP contribution in [0.3, 0.4) is 0 Å². The first-order chi connectivity index (χ1) is 13.5. The maximum absolute atomic E-state index is 13.3. The maximum atomic E-state index is 13.3. The fourth-order valence-corrected chi connectivity index (χ4v) is 4.41. The van der Waals surface area contributed by atoms with Gasteiger partial charge < -0.3 is 0 Å². The zero-order valence-corrected chi connectivity index (χ0v) is 17.0. The molecule has 1 amide bonds. The summed E-state index contributed by atoms with van der Waals surface area (Å²) in [5, 5.41) is 4.98. The Morgan fingerprint density at radius 1 is 1.11 bits per heavy atom. The number of carbonyl (C=O) groups is 1. The number of rotatable bonds is 5. The van der Waals surface area contributed by atoms with Crippen LogP contribution in [-0.4, -0.2) is 27.2 Å². The van der Waals surface area contributed by atoms with Gasteiger partial charge in [-0.05, 0) is 56.2 Å². The molecule has 0 atom stereocenters. The van der Waals surface area contributed by atoms with Gasteiger partial charge in [0.15, 0.2) is 5.13 Å². The molecule has 0 radical (unpaired) electrons. The van der Waals surface area contributed by atoms with Gasteiger partial charge in [0.1, 0.15) is 0 Å². The molecule has 4 rings (SSSR count). The number of hydrogen-bond donors (Lipinski definition) is 0. The van der Waals surface area contributed by atoms with Crippen molar-refractivity contribution in [3.63, 3.8) is 0 Å². The first-order valence-electron chi connectivity index (χ1n) is 9.25. The minimum atomic E-state index is -0.0411. The largest absolute Gasteiger partial charge is 0.282 e. The lowest BCUT2D eigenvalue weighted by Gasteiger charge is -2.20. The van der Waals surface area contributed by atoms with Crippen LogP contribution in [-0.2, 0) is 6.54 Å². The van der Waals surface area contributed by atoms with E-state index in [9.17, 15) is 4.79 Å². The van der Waals surface area contributed by atoms with E-state index in [0.717, 1.165) is 26.5 Å². The molecule has 0 saturated carbocycles. The van der Waals surface area contributed by atoms with E-state index in [1.165, 1.54) is 5.56 Å². The molecule has 5 nitrogen and oxygen atoms in total. The third-order valence-corrected chi connectivity index (χ3v) is 5.73. The first-order valence-corrected chi connectivity index (χ1v) is 10.1. The number of aromatic nitrogens is 3. The number of fused-ring (bicyclic) bond motifs is 1. The second-order valence-electron chi connectivity index (χ2n) is 7.02. The van der Waals surface area contributed by atoms with E-state index in [0.29, 0.717) is 18.7 Å². The van der Waals surface area contributed by atoms with Gasteiger partial charge in [-0.2, -0.15) is 5.10 Å². The van der Waals surface area contributed by atoms with Gasteiger partial charge in [-0.15, -0.1) is 0 Å². The Kier molecular flexibility index (Phi) is 4.96. The van der Waals surface area contributed by atoms with Crippen LogP contribution < -0.4 is 4.90 Å². The molecule has 0 aliphatic carbocycles. The summed E-state index contributed by atoms with van der Waals surface area (Å²) in [4.78, 5) is 19.9. The van der Waals surface area contributed by atoms with E-state index >= 15 is 0 Å². The van der Waals surface area contributed by atoms with Gasteiger partial charge in [0, 0.05) is 24.5 Å². The average Bonchev–Trinajstić information content (AvgIpc) is 3.32. The van der Waals surface area contributed by atoms with Crippen LogP contribution in [0, 0.1) is 20.8 Å². The first kappa shape index (κ1) is 18.4. The van der Waals surface area contributed by atoms with E-state index < -0.39 is 0 Å². The van der Waals surface area contributed by atoms with E-state index in [1.54, 1.807) is 22.4 Å². The molecule has 0 aliphatic rings. The molecule has 6 heteroatoms. The molecule has 0 saturated heterocycles. The molecule has 4 aromatic rings. The Bertz CT molecular complexity index is 1110. The Morgan fingerprint density at radius 2 is 1.89 bits per heavy atom. The molecule has 0 N–H and O–H groups in total. The van der Waals surface area contributed by atoms with Crippen molar-refractivity contribution in [2.75, 3.05) is 11.4 Å². The molecule has 0 bridgehead atoms. The molecule has 0 aliphatic heterocycles. The molecular formula is C22H22N4OS. The van der Waals surface area contributed by atoms with E-state index in [2.05, 4.69) is 31.1 Å². The predicted octanol–water partition coefficient (Wildman–Crippen LogP) is 4.77. The zero-order chi connectivity index (χ0) is 19.7. The Labute approximate surface area is 168 Å². The smallest absolute Gasteiger partial charge is 0.260 e. The Hall–Kier alpha value is -2.99. The van der Waals surface area contributed by atoms with Crippen molar-refractivity contribution in [2.24, 2.45) is 0 Å². The Balaban J connectivity index is 1.72. The molecule has 2 aromatic heterocycles. The van der Waals surface area contributed by atoms with Gasteiger partial charge in [0.2, 0.25) is 0 Å². The molecule has 28 heavy (non-hydrogen) atoms. The van der Waals surface area contributed by atoms with Gasteiger partial charge in [0.25, 0.3) is 5.91 Å². The van der Waals surface area contributed by atoms with E-state index in [-0.39, 0.29) is 5.91 Å². The number of benzene rings is 2. The quantitative estimate of drug-likeness (QED) is 0.493. The van der Waals surface area contributed by atoms with Crippen molar-refractivity contribution in [1.82, 2.24) is 14.8 Å². The summed E-state index contributed by atoms with van der Waals surface area (Å²) in [6.07, 6.45) is 3.65. The third kappa shape index (κ3) is 3.68. The van der Waals surface area contributed by atoms with Crippen LogP contribution in [0.2, 0.25) is 0 Å². The van der Waals surface area contributed by atoms with Crippen molar-refractivity contribution in [1.29, 1.82) is 0 Å². The van der Waals surface area contributed by atoms with E-state index in [4.69, 9.17) is 4.98 Å². The predicted molar refractivity (Wildman–Crippen MR) is 114 cm³/mol. The highest BCUT2D eigenvalue weighted by Crippen LogP contribution is 2.32. The number of carbonyl (C=O) groups excluding carboxylic acids is 1. The monoisotopic (exact) mass is 390 g/mol. The zero-order valence-electron chi connectivity index (χ0n) is 16.2. The van der Waals surface area contributed by atoms with Gasteiger partial charge in [0.05, 0.1) is 16.8 Å². The lowest BCUT2D eigenvalue weighted by atomic mass is 10.1. The number of amides is 1. The summed E-state index contributed by atoms with van der Waals surface area (Å²) in [5.41, 5.74) is 5.09. The van der Waals surface area contributed by atoms with Crippen molar-refractivity contribution < 1.29 is 4.79 Å². The third-order valence-electron chi connectivity index (χ3n) is 4.71. The van der Waals surface area contributed by atoms with Crippen LogP contribution >= 0.6 is 11.3 Å². The standard InChI is InChI=1S/C22H22N4OS/c1-15-5-7-18(8-6-15)21(27)26(12-11-25-10-4-9-23-25)22-24-20-17(3)13-16(2)14-19(20)28-22/h4-10,13-14H,11-12H2,1-3H3. The summed E-state index contributed by atoms with van der Waals surface area (Å²) in [6, 6.07) is 13.8. The second kappa shape index (κ2) is 7.56. The second-order valence-corrected chi connectivity index (χ2v) is 8.03. The van der Waals surface area contributed by atoms with Gasteiger partial charge in [-0.3, -0.25) is 14.4 Å². The highest BCUT2D eigenvalue weighted by Gasteiger charge is 2.22. The van der Waals surface area contributed by atoms with Gasteiger partial charge in [-0.1, -0.05) is 35.1 Å². The van der Waals surface area contributed by atoms with Crippen molar-refractivity contribution >= 4 is 32.6 Å². The summed E-state index contributed by atoms with van der Waals surface area (Å²) >= 11 is 1.56. The molecule has 2 heterocycles. The topological polar surface area (TPSA) is 51.0 Å². The lowest BCUT2D eigenvalue weighted by molar-refractivity contribution is 0.0986. The van der Waals surface area contributed by atoms with Crippen molar-refractivity contribution in [3.8, 4) is 0 Å². The fraction of sp³-hybridized carbons (Fsp3) is 0.227. The number of aryl methyl sites for hydroxylation is 3. The fourth-order valence-electron chi connectivity index (χ4n) is 3.25. The number of hydrogen-bond acceptors (Lipinski definition) is 4. The van der Waals surface area contributed by atoms with Crippen LogP contribution in [0.5, 0.6) is 0 Å². The molecular weight excluding hydrogens is 368 g/mol. The molecule has 0 fully saturated rings. The summed E-state index contributed by atoms with van der Waals surface area (Å²) in [5.74, 6) is -0.0411. The lowest BCUT2D eigenvalue weighted by Crippen LogP contribution is -2.34. The Morgan fingerprint density at radius 3 is 2.61 bits per heavy atom. The normalized spacial score (nSPS) is 11.1. The van der Waals surface area contributed by atoms with Crippen LogP contribution in [0.4, 0.5) is 5.13 Å². The number of thiazole rings is 1. The van der Waals surface area contributed by atoms with Crippen molar-refractivity contribution in [2.45, 2.75) is 27.3 Å². The number of nitrogens with zero attached hydrogens (tertiary/aromatic N) is 4. The van der Waals surface area contributed by atoms with Crippen LogP contribution in [0.1, 0.15) is 27.0 Å². The molecule has 2 aromatic carbocycles. The van der Waals surface area contributed by atoms with Crippen LogP contribution in [0.25, 0.3) is 10.2 Å². The maximum Gasteiger partial charge on any atom is 0.260 e. The minimum absolute atomic E-state index is 0.0411. The molecule has 0 spiro atoms. The van der Waals surface area contributed by atoms with Gasteiger partial charge in [-0.25, -0.2) is 4.98 Å². The SMILES string of the molecule is Cc1ccc(C(=O)N(CCn2cccn2)c2nc3c(C)cc(C)cc3s2)cc1. The highest BCUT2D eigenvalue weighted by atomic mass is 32.1. The molecule has 0 unspecified atom stereocenters. The minimum Gasteiger partial charge on any atom is -0.282 e. The number of anilines is 1. The average molecular weight is 391 g/mol. The summed E-state index contributed by atoms with van der Waals surface area (Å²) < 4.78 is 2.94. The van der Waals surface area contributed by atoms with Crippen molar-refractivity contribution in [3.05, 3.63) is 77.1 Å². The van der Waals surface area contributed by atoms with E-state index in [1.807, 2.05) is 48.1 Å². The summed E-state index contributed by atoms with van der Waals surface area (Å²) in [7, 11) is 0. The molecule has 142 valence electrons. The van der Waals surface area contributed by atoms with Crippen LogP contribution in [0.15, 0.2) is 54.9 Å².